The van der Waals surface area contributed by atoms with Gasteiger partial charge < -0.3 is 0 Å². The van der Waals surface area contributed by atoms with E-state index in [0.717, 1.165) is 24.8 Å². The fourth-order valence-electron chi connectivity index (χ4n) is 1.95. The molecule has 1 unspecified atom stereocenters. The van der Waals surface area contributed by atoms with Gasteiger partial charge in [-0.25, -0.2) is 13.1 Å². The molecule has 86 valence electrons. The second-order valence-corrected chi connectivity index (χ2v) is 6.53. The highest BCUT2D eigenvalue weighted by molar-refractivity contribution is 7.89. The van der Waals surface area contributed by atoms with Crippen molar-refractivity contribution in [3.05, 3.63) is 21.9 Å². The smallest absolute Gasteiger partial charge is 0.211 e. The van der Waals surface area contributed by atoms with E-state index >= 15 is 0 Å². The third kappa shape index (κ3) is 2.43. The van der Waals surface area contributed by atoms with Crippen LogP contribution in [0.1, 0.15) is 29.3 Å². The third-order valence-electron chi connectivity index (χ3n) is 2.63. The Balaban J connectivity index is 2.18. The van der Waals surface area contributed by atoms with Gasteiger partial charge in [-0.15, -0.1) is 11.3 Å². The zero-order valence-electron chi connectivity index (χ0n) is 8.64. The molecule has 0 bridgehead atoms. The van der Waals surface area contributed by atoms with Gasteiger partial charge in [0.15, 0.2) is 5.75 Å². The van der Waals surface area contributed by atoms with Crippen molar-refractivity contribution in [1.29, 1.82) is 5.26 Å². The van der Waals surface area contributed by atoms with Gasteiger partial charge in [0, 0.05) is 10.9 Å². The van der Waals surface area contributed by atoms with E-state index < -0.39 is 15.8 Å². The molecule has 0 amide bonds. The number of thiophene rings is 1. The van der Waals surface area contributed by atoms with Gasteiger partial charge in [0.1, 0.15) is 0 Å². The first kappa shape index (κ1) is 11.6. The highest BCUT2D eigenvalue weighted by atomic mass is 32.2. The van der Waals surface area contributed by atoms with Crippen molar-refractivity contribution in [3.8, 4) is 6.07 Å². The van der Waals surface area contributed by atoms with Crippen molar-refractivity contribution in [1.82, 2.24) is 4.72 Å². The van der Waals surface area contributed by atoms with E-state index in [0.29, 0.717) is 0 Å². The zero-order chi connectivity index (χ0) is 11.6. The SMILES string of the molecule is N#CCS(=O)(=O)NC1CCCc2sccc21. The fourth-order valence-corrected chi connectivity index (χ4v) is 3.87. The lowest BCUT2D eigenvalue weighted by Crippen LogP contribution is -2.31. The van der Waals surface area contributed by atoms with Gasteiger partial charge >= 0.3 is 0 Å². The number of hydrogen-bond donors (Lipinski definition) is 1. The number of rotatable bonds is 3. The average Bonchev–Trinajstić information content (AvgIpc) is 2.65. The number of aryl methyl sites for hydroxylation is 1. The summed E-state index contributed by atoms with van der Waals surface area (Å²) >= 11 is 1.67. The van der Waals surface area contributed by atoms with Crippen LogP contribution in [0.4, 0.5) is 0 Å². The molecule has 1 N–H and O–H groups in total. The summed E-state index contributed by atoms with van der Waals surface area (Å²) in [6.45, 7) is 0. The van der Waals surface area contributed by atoms with Crippen molar-refractivity contribution >= 4 is 21.4 Å². The average molecular weight is 256 g/mol. The molecule has 1 aromatic rings. The number of fused-ring (bicyclic) bond motifs is 1. The van der Waals surface area contributed by atoms with Crippen molar-refractivity contribution in [2.75, 3.05) is 5.75 Å². The summed E-state index contributed by atoms with van der Waals surface area (Å²) in [7, 11) is -3.46. The van der Waals surface area contributed by atoms with Crippen molar-refractivity contribution in [3.63, 3.8) is 0 Å². The lowest BCUT2D eigenvalue weighted by Gasteiger charge is -2.22. The lowest BCUT2D eigenvalue weighted by molar-refractivity contribution is 0.513. The summed E-state index contributed by atoms with van der Waals surface area (Å²) in [5.41, 5.74) is 1.08. The van der Waals surface area contributed by atoms with E-state index in [4.69, 9.17) is 5.26 Å². The first-order valence-corrected chi connectivity index (χ1v) is 7.59. The van der Waals surface area contributed by atoms with Crippen LogP contribution in [-0.2, 0) is 16.4 Å². The predicted octanol–water partition coefficient (Wildman–Crippen LogP) is 1.57. The number of nitrogens with zero attached hydrogens (tertiary/aromatic N) is 1. The van der Waals surface area contributed by atoms with Gasteiger partial charge in [0.2, 0.25) is 10.0 Å². The Kier molecular flexibility index (Phi) is 3.28. The molecule has 0 fully saturated rings. The highest BCUT2D eigenvalue weighted by Crippen LogP contribution is 2.33. The van der Waals surface area contributed by atoms with Gasteiger partial charge in [0.25, 0.3) is 0 Å². The molecule has 16 heavy (non-hydrogen) atoms. The molecule has 2 rings (SSSR count). The Labute approximate surface area is 99.0 Å². The summed E-state index contributed by atoms with van der Waals surface area (Å²) in [5, 5.41) is 10.4. The Morgan fingerprint density at radius 2 is 2.44 bits per heavy atom. The summed E-state index contributed by atoms with van der Waals surface area (Å²) in [6, 6.07) is 3.49. The molecule has 1 atom stereocenters. The highest BCUT2D eigenvalue weighted by Gasteiger charge is 2.25. The van der Waals surface area contributed by atoms with Crippen LogP contribution in [0.3, 0.4) is 0 Å². The number of sulfonamides is 1. The van der Waals surface area contributed by atoms with Crippen LogP contribution >= 0.6 is 11.3 Å². The van der Waals surface area contributed by atoms with Gasteiger partial charge in [-0.2, -0.15) is 5.26 Å². The Bertz CT molecular complexity index is 513. The summed E-state index contributed by atoms with van der Waals surface area (Å²) in [4.78, 5) is 1.26. The molecular formula is C10H12N2O2S2. The lowest BCUT2D eigenvalue weighted by atomic mass is 9.95. The topological polar surface area (TPSA) is 70.0 Å². The minimum Gasteiger partial charge on any atom is -0.211 e. The Morgan fingerprint density at radius 1 is 1.62 bits per heavy atom. The molecule has 6 heteroatoms. The monoisotopic (exact) mass is 256 g/mol. The molecule has 1 aliphatic carbocycles. The standard InChI is InChI=1S/C10H12N2O2S2/c11-5-7-16(13,14)12-9-2-1-3-10-8(9)4-6-15-10/h4,6,9,12H,1-3,7H2. The van der Waals surface area contributed by atoms with Gasteiger partial charge in [-0.05, 0) is 36.3 Å². The quantitative estimate of drug-likeness (QED) is 0.892. The van der Waals surface area contributed by atoms with Crippen LogP contribution in [0.25, 0.3) is 0 Å². The first-order chi connectivity index (χ1) is 7.62. The molecule has 0 saturated carbocycles. The normalized spacial score (nSPS) is 20.1. The molecule has 4 nitrogen and oxygen atoms in total. The summed E-state index contributed by atoms with van der Waals surface area (Å²) < 4.78 is 25.6. The molecule has 0 radical (unpaired) electrons. The van der Waals surface area contributed by atoms with Gasteiger partial charge in [-0.3, -0.25) is 0 Å². The van der Waals surface area contributed by atoms with Crippen LogP contribution in [-0.4, -0.2) is 14.2 Å². The van der Waals surface area contributed by atoms with E-state index in [-0.39, 0.29) is 6.04 Å². The van der Waals surface area contributed by atoms with Gasteiger partial charge in [-0.1, -0.05) is 0 Å². The maximum Gasteiger partial charge on any atom is 0.225 e. The number of nitrogens with one attached hydrogen (secondary N) is 1. The predicted molar refractivity (Wildman–Crippen MR) is 62.5 cm³/mol. The van der Waals surface area contributed by atoms with Crippen LogP contribution in [0.15, 0.2) is 11.4 Å². The largest absolute Gasteiger partial charge is 0.225 e. The van der Waals surface area contributed by atoms with Crippen molar-refractivity contribution < 1.29 is 8.42 Å². The summed E-state index contributed by atoms with van der Waals surface area (Å²) in [6.07, 6.45) is 2.84. The second-order valence-electron chi connectivity index (χ2n) is 3.78. The fraction of sp³-hybridized carbons (Fsp3) is 0.500. The van der Waals surface area contributed by atoms with Crippen LogP contribution in [0, 0.1) is 11.3 Å². The molecule has 1 heterocycles. The van der Waals surface area contributed by atoms with Crippen molar-refractivity contribution in [2.45, 2.75) is 25.3 Å². The van der Waals surface area contributed by atoms with E-state index in [1.807, 2.05) is 11.4 Å². The van der Waals surface area contributed by atoms with Crippen molar-refractivity contribution in [2.24, 2.45) is 0 Å². The minimum atomic E-state index is -3.46. The molecule has 0 aromatic carbocycles. The first-order valence-electron chi connectivity index (χ1n) is 5.05. The van der Waals surface area contributed by atoms with E-state index in [9.17, 15) is 8.42 Å². The van der Waals surface area contributed by atoms with E-state index in [1.165, 1.54) is 4.88 Å². The number of nitriles is 1. The molecule has 1 aromatic heterocycles. The van der Waals surface area contributed by atoms with Crippen LogP contribution in [0.5, 0.6) is 0 Å². The Hall–Kier alpha value is -0.900. The molecule has 1 aliphatic rings. The molecule has 0 aliphatic heterocycles. The van der Waals surface area contributed by atoms with E-state index in [2.05, 4.69) is 4.72 Å². The minimum absolute atomic E-state index is 0.145. The summed E-state index contributed by atoms with van der Waals surface area (Å²) in [5.74, 6) is -0.469. The van der Waals surface area contributed by atoms with Crippen LogP contribution in [0.2, 0.25) is 0 Å². The van der Waals surface area contributed by atoms with E-state index in [1.54, 1.807) is 17.4 Å². The maximum atomic E-state index is 11.5. The maximum absolute atomic E-state index is 11.5. The molecule has 0 spiro atoms. The molecular weight excluding hydrogens is 244 g/mol. The zero-order valence-corrected chi connectivity index (χ0v) is 10.3. The molecule has 0 saturated heterocycles. The van der Waals surface area contributed by atoms with Crippen LogP contribution < -0.4 is 4.72 Å². The second kappa shape index (κ2) is 4.53. The third-order valence-corrected chi connectivity index (χ3v) is 4.78. The number of hydrogen-bond acceptors (Lipinski definition) is 4. The Morgan fingerprint density at radius 3 is 3.19 bits per heavy atom. The van der Waals surface area contributed by atoms with Gasteiger partial charge in [0.05, 0.1) is 6.07 Å².